The van der Waals surface area contributed by atoms with Crippen LogP contribution >= 0.6 is 11.6 Å². The highest BCUT2D eigenvalue weighted by molar-refractivity contribution is 6.30. The highest BCUT2D eigenvalue weighted by Gasteiger charge is 2.39. The minimum absolute atomic E-state index is 0.105. The van der Waals surface area contributed by atoms with Gasteiger partial charge in [0.2, 0.25) is 0 Å². The third kappa shape index (κ3) is 4.56. The molecule has 2 aromatic carbocycles. The van der Waals surface area contributed by atoms with E-state index in [0.29, 0.717) is 43.3 Å². The molecule has 2 unspecified atom stereocenters. The maximum absolute atomic E-state index is 13.4. The summed E-state index contributed by atoms with van der Waals surface area (Å²) in [6.07, 6.45) is -0.690. The lowest BCUT2D eigenvalue weighted by Crippen LogP contribution is -2.54. The van der Waals surface area contributed by atoms with Crippen LogP contribution in [-0.4, -0.2) is 83.0 Å². The Morgan fingerprint density at radius 1 is 0.839 bits per heavy atom. The van der Waals surface area contributed by atoms with Crippen molar-refractivity contribution in [1.29, 1.82) is 0 Å². The Labute approximate surface area is 183 Å². The van der Waals surface area contributed by atoms with Crippen molar-refractivity contribution in [3.8, 4) is 0 Å². The maximum atomic E-state index is 13.4. The van der Waals surface area contributed by atoms with Crippen LogP contribution in [0.25, 0.3) is 0 Å². The van der Waals surface area contributed by atoms with Crippen molar-refractivity contribution in [2.75, 3.05) is 39.3 Å². The zero-order chi connectivity index (χ0) is 22.1. The van der Waals surface area contributed by atoms with Gasteiger partial charge in [0.05, 0.1) is 12.1 Å². The largest absolute Gasteiger partial charge is 0.390 e. The quantitative estimate of drug-likeness (QED) is 0.780. The van der Waals surface area contributed by atoms with Gasteiger partial charge in [0, 0.05) is 55.4 Å². The number of hydrogen-bond acceptors (Lipinski definition) is 4. The zero-order valence-electron chi connectivity index (χ0n) is 16.7. The second kappa shape index (κ2) is 8.90. The second-order valence-electron chi connectivity index (χ2n) is 7.81. The van der Waals surface area contributed by atoms with Gasteiger partial charge in [-0.3, -0.25) is 14.5 Å². The summed E-state index contributed by atoms with van der Waals surface area (Å²) in [6, 6.07) is 9.53. The molecule has 9 heteroatoms. The summed E-state index contributed by atoms with van der Waals surface area (Å²) in [5, 5.41) is 11.1. The molecule has 2 aliphatic heterocycles. The summed E-state index contributed by atoms with van der Waals surface area (Å²) in [7, 11) is 0. The Hall–Kier alpha value is -2.55. The molecule has 2 fully saturated rings. The summed E-state index contributed by atoms with van der Waals surface area (Å²) in [5.41, 5.74) is 0.618. The van der Waals surface area contributed by atoms with Crippen LogP contribution in [0.2, 0.25) is 5.02 Å². The maximum Gasteiger partial charge on any atom is 0.254 e. The van der Waals surface area contributed by atoms with Gasteiger partial charge in [-0.25, -0.2) is 8.78 Å². The van der Waals surface area contributed by atoms with Crippen LogP contribution in [-0.2, 0) is 0 Å². The van der Waals surface area contributed by atoms with Gasteiger partial charge in [0.25, 0.3) is 11.8 Å². The molecular formula is C22H22ClF2N3O3. The van der Waals surface area contributed by atoms with E-state index < -0.39 is 17.7 Å². The second-order valence-corrected chi connectivity index (χ2v) is 8.25. The molecule has 0 bridgehead atoms. The number of aliphatic hydroxyl groups excluding tert-OH is 1. The number of β-amino-alcohol motifs (C(OH)–C–C–N with tert-alkyl or cyclic N) is 1. The van der Waals surface area contributed by atoms with Crippen molar-refractivity contribution in [2.24, 2.45) is 0 Å². The number of piperazine rings is 1. The Morgan fingerprint density at radius 2 is 1.45 bits per heavy atom. The molecule has 2 amide bonds. The van der Waals surface area contributed by atoms with E-state index >= 15 is 0 Å². The van der Waals surface area contributed by atoms with Gasteiger partial charge >= 0.3 is 0 Å². The molecule has 0 radical (unpaired) electrons. The highest BCUT2D eigenvalue weighted by Crippen LogP contribution is 2.22. The van der Waals surface area contributed by atoms with Crippen LogP contribution in [0.5, 0.6) is 0 Å². The van der Waals surface area contributed by atoms with E-state index in [1.807, 2.05) is 0 Å². The van der Waals surface area contributed by atoms with E-state index in [1.165, 1.54) is 6.07 Å². The topological polar surface area (TPSA) is 64.1 Å². The third-order valence-electron chi connectivity index (χ3n) is 5.87. The van der Waals surface area contributed by atoms with Crippen LogP contribution in [0, 0.1) is 11.6 Å². The summed E-state index contributed by atoms with van der Waals surface area (Å²) in [6.45, 7) is 2.44. The Morgan fingerprint density at radius 3 is 2.10 bits per heavy atom. The van der Waals surface area contributed by atoms with Crippen molar-refractivity contribution in [2.45, 2.75) is 12.1 Å². The lowest BCUT2D eigenvalue weighted by atomic mass is 10.1. The van der Waals surface area contributed by atoms with E-state index in [2.05, 4.69) is 4.90 Å². The average molecular weight is 450 g/mol. The highest BCUT2D eigenvalue weighted by atomic mass is 35.5. The first-order chi connectivity index (χ1) is 14.8. The number of carbonyl (C=O) groups is 2. The summed E-state index contributed by atoms with van der Waals surface area (Å²) >= 11 is 5.88. The van der Waals surface area contributed by atoms with Gasteiger partial charge in [0.1, 0.15) is 0 Å². The molecule has 164 valence electrons. The molecule has 31 heavy (non-hydrogen) atoms. The van der Waals surface area contributed by atoms with Gasteiger partial charge in [0.15, 0.2) is 11.6 Å². The van der Waals surface area contributed by atoms with Crippen molar-refractivity contribution >= 4 is 23.4 Å². The van der Waals surface area contributed by atoms with Gasteiger partial charge < -0.3 is 14.9 Å². The summed E-state index contributed by atoms with van der Waals surface area (Å²) in [4.78, 5) is 30.6. The van der Waals surface area contributed by atoms with Crippen LogP contribution in [0.3, 0.4) is 0 Å². The fourth-order valence-corrected chi connectivity index (χ4v) is 4.26. The summed E-state index contributed by atoms with van der Waals surface area (Å²) < 4.78 is 26.6. The molecule has 2 aliphatic rings. The molecule has 4 rings (SSSR count). The number of amides is 2. The lowest BCUT2D eigenvalue weighted by molar-refractivity contribution is 0.0376. The van der Waals surface area contributed by atoms with Crippen molar-refractivity contribution in [3.05, 3.63) is 70.2 Å². The molecule has 2 heterocycles. The summed E-state index contributed by atoms with van der Waals surface area (Å²) in [5.74, 6) is -2.56. The molecule has 0 aliphatic carbocycles. The lowest BCUT2D eigenvalue weighted by Gasteiger charge is -2.38. The van der Waals surface area contributed by atoms with E-state index in [9.17, 15) is 23.5 Å². The van der Waals surface area contributed by atoms with Gasteiger partial charge in [-0.1, -0.05) is 11.6 Å². The number of halogens is 3. The first kappa shape index (κ1) is 21.7. The molecule has 2 atom stereocenters. The van der Waals surface area contributed by atoms with E-state index in [1.54, 1.807) is 34.1 Å². The number of rotatable bonds is 3. The molecule has 0 saturated carbocycles. The van der Waals surface area contributed by atoms with Gasteiger partial charge in [-0.05, 0) is 42.5 Å². The Kier molecular flexibility index (Phi) is 6.22. The van der Waals surface area contributed by atoms with Crippen LogP contribution in [0.4, 0.5) is 8.78 Å². The number of nitrogens with zero attached hydrogens (tertiary/aromatic N) is 3. The van der Waals surface area contributed by atoms with Crippen molar-refractivity contribution in [1.82, 2.24) is 14.7 Å². The number of carbonyl (C=O) groups excluding carboxylic acids is 2. The Balaban J connectivity index is 1.35. The third-order valence-corrected chi connectivity index (χ3v) is 6.13. The number of likely N-dealkylation sites (tertiary alicyclic amines) is 1. The Bertz CT molecular complexity index is 980. The predicted molar refractivity (Wildman–Crippen MR) is 111 cm³/mol. The number of benzene rings is 2. The van der Waals surface area contributed by atoms with E-state index in [-0.39, 0.29) is 30.0 Å². The molecule has 2 saturated heterocycles. The molecule has 0 aromatic heterocycles. The van der Waals surface area contributed by atoms with Crippen molar-refractivity contribution < 1.29 is 23.5 Å². The van der Waals surface area contributed by atoms with Gasteiger partial charge in [-0.2, -0.15) is 0 Å². The number of aliphatic hydroxyl groups is 1. The minimum Gasteiger partial charge on any atom is -0.390 e. The first-order valence-electron chi connectivity index (χ1n) is 10.0. The van der Waals surface area contributed by atoms with Crippen LogP contribution in [0.15, 0.2) is 42.5 Å². The molecule has 6 nitrogen and oxygen atoms in total. The normalized spacial score (nSPS) is 22.1. The fourth-order valence-electron chi connectivity index (χ4n) is 4.14. The molecule has 2 aromatic rings. The SMILES string of the molecule is O=C(c1ccc(F)c(F)c1)N1CCN(C2CN(C(=O)c3ccc(Cl)cc3)CC2O)CC1. The van der Waals surface area contributed by atoms with Gasteiger partial charge in [-0.15, -0.1) is 0 Å². The van der Waals surface area contributed by atoms with Crippen molar-refractivity contribution in [3.63, 3.8) is 0 Å². The zero-order valence-corrected chi connectivity index (χ0v) is 17.4. The molecule has 1 N–H and O–H groups in total. The number of hydrogen-bond donors (Lipinski definition) is 1. The van der Waals surface area contributed by atoms with Crippen LogP contribution in [0.1, 0.15) is 20.7 Å². The smallest absolute Gasteiger partial charge is 0.254 e. The average Bonchev–Trinajstić information content (AvgIpc) is 3.17. The standard InChI is InChI=1S/C22H22ClF2N3O3/c23-16-4-1-14(2-5-16)21(30)28-12-19(20(29)13-28)26-7-9-27(10-8-26)22(31)15-3-6-17(24)18(25)11-15/h1-6,11,19-20,29H,7-10,12-13H2. The predicted octanol–water partition coefficient (Wildman–Crippen LogP) is 2.26. The molecule has 0 spiro atoms. The molecular weight excluding hydrogens is 428 g/mol. The van der Waals surface area contributed by atoms with E-state index in [4.69, 9.17) is 11.6 Å². The van der Waals surface area contributed by atoms with E-state index in [0.717, 1.165) is 12.1 Å². The van der Waals surface area contributed by atoms with Crippen LogP contribution < -0.4 is 0 Å². The fraction of sp³-hybridized carbons (Fsp3) is 0.364. The minimum atomic E-state index is -1.05. The first-order valence-corrected chi connectivity index (χ1v) is 10.4. The monoisotopic (exact) mass is 449 g/mol.